The summed E-state index contributed by atoms with van der Waals surface area (Å²) in [6, 6.07) is 6.66. The van der Waals surface area contributed by atoms with E-state index < -0.39 is 12.0 Å². The Morgan fingerprint density at radius 1 is 1.36 bits per heavy atom. The Morgan fingerprint density at radius 2 is 2.05 bits per heavy atom. The predicted octanol–water partition coefficient (Wildman–Crippen LogP) is 3.50. The number of carbonyl (C=O) groups is 1. The minimum atomic E-state index is -0.780. The maximum Gasteiger partial charge on any atom is 0.355 e. The monoisotopic (exact) mass is 304 g/mol. The first-order valence-corrected chi connectivity index (χ1v) is 7.42. The second-order valence-electron chi connectivity index (χ2n) is 5.22. The van der Waals surface area contributed by atoms with Crippen molar-refractivity contribution in [3.63, 3.8) is 0 Å². The molecule has 2 unspecified atom stereocenters. The van der Waals surface area contributed by atoms with Gasteiger partial charge in [-0.05, 0) is 19.4 Å². The smallest absolute Gasteiger partial charge is 0.355 e. The van der Waals surface area contributed by atoms with Crippen LogP contribution in [0.4, 0.5) is 0 Å². The molecular formula is C16H20N2O4. The van der Waals surface area contributed by atoms with E-state index in [4.69, 9.17) is 4.74 Å². The third-order valence-electron chi connectivity index (χ3n) is 3.95. The quantitative estimate of drug-likeness (QED) is 0.503. The summed E-state index contributed by atoms with van der Waals surface area (Å²) < 4.78 is 5.09. The molecule has 0 radical (unpaired) electrons. The van der Waals surface area contributed by atoms with Crippen molar-refractivity contribution in [1.82, 2.24) is 4.98 Å². The van der Waals surface area contributed by atoms with E-state index in [0.29, 0.717) is 17.7 Å². The highest BCUT2D eigenvalue weighted by molar-refractivity contribution is 5.98. The second kappa shape index (κ2) is 6.60. The van der Waals surface area contributed by atoms with E-state index in [9.17, 15) is 14.9 Å². The van der Waals surface area contributed by atoms with Gasteiger partial charge in [-0.15, -0.1) is 0 Å². The Bertz CT molecular complexity index is 693. The van der Waals surface area contributed by atoms with Crippen LogP contribution in [0.15, 0.2) is 24.3 Å². The summed E-state index contributed by atoms with van der Waals surface area (Å²) in [5.41, 5.74) is 1.79. The standard InChI is InChI=1S/C16H20N2O4/c1-4-11(10(3)18(20)21)14-12-8-6-7-9-13(12)17-15(14)16(19)22-5-2/h6-11,17H,4-5H2,1-3H3. The van der Waals surface area contributed by atoms with Gasteiger partial charge in [-0.2, -0.15) is 0 Å². The molecule has 2 aromatic rings. The summed E-state index contributed by atoms with van der Waals surface area (Å²) in [6.07, 6.45) is 0.566. The number of aromatic nitrogens is 1. The third kappa shape index (κ3) is 2.81. The number of aromatic amines is 1. The fourth-order valence-electron chi connectivity index (χ4n) is 2.85. The number of nitrogens with one attached hydrogen (secondary N) is 1. The predicted molar refractivity (Wildman–Crippen MR) is 83.7 cm³/mol. The van der Waals surface area contributed by atoms with Crippen LogP contribution in [-0.2, 0) is 4.74 Å². The molecule has 0 bridgehead atoms. The van der Waals surface area contributed by atoms with Crippen LogP contribution in [0.3, 0.4) is 0 Å². The number of carbonyl (C=O) groups excluding carboxylic acids is 1. The van der Waals surface area contributed by atoms with Crippen LogP contribution < -0.4 is 0 Å². The normalized spacial score (nSPS) is 13.8. The number of H-pyrrole nitrogens is 1. The molecule has 1 aromatic carbocycles. The van der Waals surface area contributed by atoms with Crippen molar-refractivity contribution >= 4 is 16.9 Å². The SMILES string of the molecule is CCOC(=O)c1[nH]c2ccccc2c1C(CC)C(C)[N+](=O)[O-]. The van der Waals surface area contributed by atoms with Gasteiger partial charge in [0.15, 0.2) is 0 Å². The number of nitrogens with zero attached hydrogens (tertiary/aromatic N) is 1. The van der Waals surface area contributed by atoms with Crippen molar-refractivity contribution in [3.05, 3.63) is 45.6 Å². The summed E-state index contributed by atoms with van der Waals surface area (Å²) in [7, 11) is 0. The highest BCUT2D eigenvalue weighted by atomic mass is 16.6. The fourth-order valence-corrected chi connectivity index (χ4v) is 2.85. The van der Waals surface area contributed by atoms with E-state index in [0.717, 1.165) is 10.9 Å². The minimum Gasteiger partial charge on any atom is -0.461 e. The Hall–Kier alpha value is -2.37. The molecule has 118 valence electrons. The Morgan fingerprint density at radius 3 is 2.64 bits per heavy atom. The number of hydrogen-bond acceptors (Lipinski definition) is 4. The summed E-state index contributed by atoms with van der Waals surface area (Å²) in [4.78, 5) is 26.2. The van der Waals surface area contributed by atoms with Crippen molar-refractivity contribution in [2.45, 2.75) is 39.2 Å². The lowest BCUT2D eigenvalue weighted by Gasteiger charge is -2.17. The summed E-state index contributed by atoms with van der Waals surface area (Å²) in [5.74, 6) is -0.826. The number of nitro groups is 1. The largest absolute Gasteiger partial charge is 0.461 e. The molecule has 0 saturated heterocycles. The van der Waals surface area contributed by atoms with E-state index in [-0.39, 0.29) is 17.4 Å². The Labute approximate surface area is 128 Å². The third-order valence-corrected chi connectivity index (χ3v) is 3.95. The minimum absolute atomic E-state index is 0.259. The van der Waals surface area contributed by atoms with Gasteiger partial charge in [0.05, 0.1) is 12.5 Å². The molecule has 0 aliphatic rings. The Kier molecular flexibility index (Phi) is 4.80. The topological polar surface area (TPSA) is 85.2 Å². The van der Waals surface area contributed by atoms with Crippen LogP contribution >= 0.6 is 0 Å². The average molecular weight is 304 g/mol. The maximum atomic E-state index is 12.2. The molecule has 0 amide bonds. The molecule has 2 atom stereocenters. The molecule has 0 saturated carbocycles. The van der Waals surface area contributed by atoms with Gasteiger partial charge < -0.3 is 9.72 Å². The lowest BCUT2D eigenvalue weighted by Crippen LogP contribution is -2.25. The molecule has 1 aromatic heterocycles. The van der Waals surface area contributed by atoms with E-state index in [2.05, 4.69) is 4.98 Å². The first kappa shape index (κ1) is 16.0. The molecule has 0 fully saturated rings. The molecule has 0 spiro atoms. The molecule has 2 rings (SSSR count). The van der Waals surface area contributed by atoms with Crippen LogP contribution in [0, 0.1) is 10.1 Å². The summed E-state index contributed by atoms with van der Waals surface area (Å²) in [6.45, 7) is 5.46. The first-order chi connectivity index (χ1) is 10.5. The van der Waals surface area contributed by atoms with Gasteiger partial charge in [-0.1, -0.05) is 25.1 Å². The van der Waals surface area contributed by atoms with E-state index in [1.54, 1.807) is 13.8 Å². The molecule has 1 N–H and O–H groups in total. The molecule has 6 nitrogen and oxygen atoms in total. The first-order valence-electron chi connectivity index (χ1n) is 7.42. The van der Waals surface area contributed by atoms with Crippen molar-refractivity contribution in [2.24, 2.45) is 0 Å². The summed E-state index contributed by atoms with van der Waals surface area (Å²) in [5, 5.41) is 12.1. The van der Waals surface area contributed by atoms with Crippen LogP contribution in [0.5, 0.6) is 0 Å². The van der Waals surface area contributed by atoms with Crippen molar-refractivity contribution in [2.75, 3.05) is 6.61 Å². The van der Waals surface area contributed by atoms with Gasteiger partial charge in [0.25, 0.3) is 0 Å². The molecule has 0 aliphatic heterocycles. The molecular weight excluding hydrogens is 284 g/mol. The van der Waals surface area contributed by atoms with Crippen LogP contribution in [-0.4, -0.2) is 28.5 Å². The second-order valence-corrected chi connectivity index (χ2v) is 5.22. The number of ether oxygens (including phenoxy) is 1. The highest BCUT2D eigenvalue weighted by Gasteiger charge is 2.33. The van der Waals surface area contributed by atoms with Crippen molar-refractivity contribution in [3.8, 4) is 0 Å². The zero-order valence-electron chi connectivity index (χ0n) is 13.0. The lowest BCUT2D eigenvalue weighted by atomic mass is 9.88. The fraction of sp³-hybridized carbons (Fsp3) is 0.438. The van der Waals surface area contributed by atoms with Crippen molar-refractivity contribution in [1.29, 1.82) is 0 Å². The lowest BCUT2D eigenvalue weighted by molar-refractivity contribution is -0.522. The number of hydrogen-bond donors (Lipinski definition) is 1. The van der Waals surface area contributed by atoms with E-state index in [1.165, 1.54) is 0 Å². The zero-order chi connectivity index (χ0) is 16.3. The molecule has 6 heteroatoms. The average Bonchev–Trinajstić information content (AvgIpc) is 2.88. The highest BCUT2D eigenvalue weighted by Crippen LogP contribution is 2.34. The maximum absolute atomic E-state index is 12.2. The summed E-state index contributed by atoms with van der Waals surface area (Å²) >= 11 is 0. The van der Waals surface area contributed by atoms with Crippen LogP contribution in [0.25, 0.3) is 10.9 Å². The van der Waals surface area contributed by atoms with Crippen LogP contribution in [0.1, 0.15) is 49.2 Å². The van der Waals surface area contributed by atoms with Gasteiger partial charge >= 0.3 is 5.97 Å². The zero-order valence-corrected chi connectivity index (χ0v) is 13.0. The van der Waals surface area contributed by atoms with Crippen molar-refractivity contribution < 1.29 is 14.5 Å². The number of esters is 1. The molecule has 0 aliphatic carbocycles. The van der Waals surface area contributed by atoms with Gasteiger partial charge in [0.2, 0.25) is 6.04 Å². The Balaban J connectivity index is 2.64. The number of fused-ring (bicyclic) bond motifs is 1. The van der Waals surface area contributed by atoms with Gasteiger partial charge in [0, 0.05) is 28.3 Å². The molecule has 22 heavy (non-hydrogen) atoms. The van der Waals surface area contributed by atoms with E-state index in [1.807, 2.05) is 31.2 Å². The number of para-hydroxylation sites is 1. The van der Waals surface area contributed by atoms with Gasteiger partial charge in [0.1, 0.15) is 5.69 Å². The van der Waals surface area contributed by atoms with E-state index >= 15 is 0 Å². The van der Waals surface area contributed by atoms with Gasteiger partial charge in [-0.3, -0.25) is 10.1 Å². The number of rotatable bonds is 6. The number of benzene rings is 1. The van der Waals surface area contributed by atoms with Crippen LogP contribution in [0.2, 0.25) is 0 Å². The van der Waals surface area contributed by atoms with Gasteiger partial charge in [-0.25, -0.2) is 4.79 Å². The molecule has 1 heterocycles.